The quantitative estimate of drug-likeness (QED) is 0.672. The number of fused-ring (bicyclic) bond motifs is 1. The fraction of sp³-hybridized carbons (Fsp3) is 0.522. The molecule has 3 fully saturated rings. The molecule has 1 aliphatic heterocycles. The third kappa shape index (κ3) is 3.12. The Balaban J connectivity index is 1.38. The van der Waals surface area contributed by atoms with Gasteiger partial charge in [-0.3, -0.25) is 9.89 Å². The maximum Gasteiger partial charge on any atom is 0.290 e. The van der Waals surface area contributed by atoms with E-state index < -0.39 is 0 Å². The van der Waals surface area contributed by atoms with Crippen molar-refractivity contribution in [3.05, 3.63) is 34.6 Å². The van der Waals surface area contributed by atoms with Crippen molar-refractivity contribution in [1.82, 2.24) is 20.0 Å². The molecular formula is C23H27N5O3. The summed E-state index contributed by atoms with van der Waals surface area (Å²) < 4.78 is 7.53. The number of benzene rings is 1. The van der Waals surface area contributed by atoms with E-state index in [0.717, 1.165) is 61.8 Å². The van der Waals surface area contributed by atoms with Crippen LogP contribution in [0.5, 0.6) is 5.75 Å². The fourth-order valence-corrected chi connectivity index (χ4v) is 5.16. The predicted octanol–water partition coefficient (Wildman–Crippen LogP) is 2.61. The minimum Gasteiger partial charge on any atom is -0.488 e. The molecule has 3 aliphatic rings. The molecule has 1 aromatic carbocycles. The molecule has 3 heterocycles. The van der Waals surface area contributed by atoms with Gasteiger partial charge in [-0.05, 0) is 68.7 Å². The van der Waals surface area contributed by atoms with Crippen molar-refractivity contribution in [3.8, 4) is 17.1 Å². The average Bonchev–Trinajstić information content (AvgIpc) is 3.12. The van der Waals surface area contributed by atoms with E-state index in [9.17, 15) is 9.90 Å². The van der Waals surface area contributed by atoms with Crippen LogP contribution in [0, 0.1) is 5.41 Å². The molecule has 8 heteroatoms. The second-order valence-electron chi connectivity index (χ2n) is 9.91. The molecule has 8 nitrogen and oxygen atoms in total. The molecule has 3 aromatic rings. The first-order valence-corrected chi connectivity index (χ1v) is 11.0. The van der Waals surface area contributed by atoms with E-state index in [-0.39, 0.29) is 22.7 Å². The van der Waals surface area contributed by atoms with Gasteiger partial charge in [0, 0.05) is 25.5 Å². The van der Waals surface area contributed by atoms with Crippen molar-refractivity contribution in [3.63, 3.8) is 0 Å². The molecule has 0 radical (unpaired) electrons. The fourth-order valence-electron chi connectivity index (χ4n) is 5.16. The van der Waals surface area contributed by atoms with Crippen molar-refractivity contribution in [2.45, 2.75) is 50.7 Å². The van der Waals surface area contributed by atoms with Crippen molar-refractivity contribution >= 4 is 16.6 Å². The van der Waals surface area contributed by atoms with Gasteiger partial charge in [0.25, 0.3) is 5.56 Å². The maximum absolute atomic E-state index is 12.9. The molecule has 2 saturated carbocycles. The number of aromatic amines is 1. The highest BCUT2D eigenvalue weighted by Gasteiger charge is 2.48. The Labute approximate surface area is 179 Å². The largest absolute Gasteiger partial charge is 0.488 e. The molecule has 1 saturated heterocycles. The summed E-state index contributed by atoms with van der Waals surface area (Å²) in [6.07, 6.45) is 4.61. The number of hydrogen-bond donors (Lipinski definition) is 2. The molecule has 0 bridgehead atoms. The average molecular weight is 422 g/mol. The predicted molar refractivity (Wildman–Crippen MR) is 117 cm³/mol. The van der Waals surface area contributed by atoms with E-state index in [1.807, 2.05) is 24.3 Å². The molecule has 1 spiro atoms. The topological polar surface area (TPSA) is 96.3 Å². The molecule has 31 heavy (non-hydrogen) atoms. The number of hydrogen-bond acceptors (Lipinski definition) is 6. The summed E-state index contributed by atoms with van der Waals surface area (Å²) in [4.78, 5) is 15.1. The molecule has 6 rings (SSSR count). The Morgan fingerprint density at radius 3 is 2.77 bits per heavy atom. The van der Waals surface area contributed by atoms with Crippen molar-refractivity contribution in [1.29, 1.82) is 0 Å². The second kappa shape index (κ2) is 6.32. The molecule has 162 valence electrons. The number of aliphatic hydroxyl groups excluding tert-OH is 1. The number of rotatable bonds is 4. The molecular weight excluding hydrogens is 394 g/mol. The van der Waals surface area contributed by atoms with Crippen LogP contribution in [0.4, 0.5) is 5.69 Å². The highest BCUT2D eigenvalue weighted by molar-refractivity contribution is 5.93. The number of aliphatic hydroxyl groups is 1. The Morgan fingerprint density at radius 2 is 2.03 bits per heavy atom. The van der Waals surface area contributed by atoms with Crippen LogP contribution in [0.25, 0.3) is 22.3 Å². The minimum absolute atomic E-state index is 0.0551. The van der Waals surface area contributed by atoms with Crippen molar-refractivity contribution < 1.29 is 9.84 Å². The lowest BCUT2D eigenvalue weighted by molar-refractivity contribution is -0.0179. The van der Waals surface area contributed by atoms with Crippen molar-refractivity contribution in [2.24, 2.45) is 12.5 Å². The Kier molecular flexibility index (Phi) is 3.85. The van der Waals surface area contributed by atoms with Gasteiger partial charge < -0.3 is 14.7 Å². The van der Waals surface area contributed by atoms with Crippen LogP contribution in [0.1, 0.15) is 39.0 Å². The van der Waals surface area contributed by atoms with E-state index in [0.29, 0.717) is 17.1 Å². The zero-order chi connectivity index (χ0) is 21.4. The number of H-pyrrole nitrogens is 1. The van der Waals surface area contributed by atoms with Gasteiger partial charge in [0.1, 0.15) is 28.4 Å². The first-order chi connectivity index (χ1) is 14.8. The summed E-state index contributed by atoms with van der Waals surface area (Å²) in [5, 5.41) is 22.8. The summed E-state index contributed by atoms with van der Waals surface area (Å²) >= 11 is 0. The summed E-state index contributed by atoms with van der Waals surface area (Å²) in [5.74, 6) is 0.824. The standard InChI is InChI=1S/C23H27N5O3/c1-22(5-6-22)31-15-3-4-17-16(9-15)20(25-24-17)18-10-19(21(30)27(2)26-18)28-8-7-23(13-28)11-14(29)12-23/h3-4,9-10,14,29H,5-8,11-13H2,1-2H3,(H,24,25). The summed E-state index contributed by atoms with van der Waals surface area (Å²) in [5.41, 5.74) is 2.92. The number of anilines is 1. The zero-order valence-corrected chi connectivity index (χ0v) is 17.9. The third-order valence-electron chi connectivity index (χ3n) is 7.26. The maximum atomic E-state index is 12.9. The number of aromatic nitrogens is 4. The van der Waals surface area contributed by atoms with Crippen LogP contribution >= 0.6 is 0 Å². The molecule has 0 atom stereocenters. The third-order valence-corrected chi connectivity index (χ3v) is 7.26. The van der Waals surface area contributed by atoms with Crippen LogP contribution in [-0.2, 0) is 7.05 Å². The normalized spacial score (nSPS) is 26.4. The Morgan fingerprint density at radius 1 is 1.23 bits per heavy atom. The van der Waals surface area contributed by atoms with Gasteiger partial charge in [0.05, 0.1) is 11.6 Å². The minimum atomic E-state index is -0.194. The van der Waals surface area contributed by atoms with Gasteiger partial charge in [-0.15, -0.1) is 0 Å². The van der Waals surface area contributed by atoms with Crippen LogP contribution in [0.15, 0.2) is 29.1 Å². The monoisotopic (exact) mass is 421 g/mol. The molecule has 0 amide bonds. The second-order valence-corrected chi connectivity index (χ2v) is 9.91. The number of aryl methyl sites for hydroxylation is 1. The highest BCUT2D eigenvalue weighted by atomic mass is 16.5. The lowest BCUT2D eigenvalue weighted by Crippen LogP contribution is -2.43. The van der Waals surface area contributed by atoms with Gasteiger partial charge in [0.2, 0.25) is 0 Å². The van der Waals surface area contributed by atoms with Crippen molar-refractivity contribution in [2.75, 3.05) is 18.0 Å². The Hall–Kier alpha value is -2.87. The first-order valence-electron chi connectivity index (χ1n) is 11.0. The molecule has 2 aromatic heterocycles. The first kappa shape index (κ1) is 18.9. The van der Waals surface area contributed by atoms with E-state index in [2.05, 4.69) is 27.1 Å². The van der Waals surface area contributed by atoms with Gasteiger partial charge in [0.15, 0.2) is 0 Å². The number of ether oxygens (including phenoxy) is 1. The summed E-state index contributed by atoms with van der Waals surface area (Å²) in [6, 6.07) is 7.80. The van der Waals surface area contributed by atoms with Crippen LogP contribution in [0.3, 0.4) is 0 Å². The van der Waals surface area contributed by atoms with Gasteiger partial charge in [-0.2, -0.15) is 10.2 Å². The summed E-state index contributed by atoms with van der Waals surface area (Å²) in [7, 11) is 1.69. The lowest BCUT2D eigenvalue weighted by Gasteiger charge is -2.42. The van der Waals surface area contributed by atoms with Gasteiger partial charge in [-0.1, -0.05) is 0 Å². The van der Waals surface area contributed by atoms with Crippen LogP contribution in [0.2, 0.25) is 0 Å². The number of nitrogens with one attached hydrogen (secondary N) is 1. The summed E-state index contributed by atoms with van der Waals surface area (Å²) in [6.45, 7) is 3.75. The molecule has 0 unspecified atom stereocenters. The van der Waals surface area contributed by atoms with Crippen LogP contribution in [-0.4, -0.2) is 49.9 Å². The lowest BCUT2D eigenvalue weighted by atomic mass is 9.66. The zero-order valence-electron chi connectivity index (χ0n) is 17.9. The molecule has 2 N–H and O–H groups in total. The SMILES string of the molecule is Cn1nc(-c2n[nH]c3ccc(OC4(C)CC4)cc23)cc(N2CCC3(CC(O)C3)C2)c1=O. The van der Waals surface area contributed by atoms with E-state index in [1.54, 1.807) is 7.05 Å². The number of nitrogens with zero attached hydrogens (tertiary/aromatic N) is 4. The van der Waals surface area contributed by atoms with Gasteiger partial charge in [-0.25, -0.2) is 4.68 Å². The smallest absolute Gasteiger partial charge is 0.290 e. The van der Waals surface area contributed by atoms with E-state index in [1.165, 1.54) is 4.68 Å². The van der Waals surface area contributed by atoms with E-state index >= 15 is 0 Å². The van der Waals surface area contributed by atoms with E-state index in [4.69, 9.17) is 4.74 Å². The van der Waals surface area contributed by atoms with Gasteiger partial charge >= 0.3 is 0 Å². The Bertz CT molecular complexity index is 1240. The highest BCUT2D eigenvalue weighted by Crippen LogP contribution is 2.49. The molecule has 2 aliphatic carbocycles. The van der Waals surface area contributed by atoms with Crippen LogP contribution < -0.4 is 15.2 Å².